The summed E-state index contributed by atoms with van der Waals surface area (Å²) in [5.74, 6) is 0.301. The highest BCUT2D eigenvalue weighted by molar-refractivity contribution is 5.89. The van der Waals surface area contributed by atoms with E-state index in [1.807, 2.05) is 67.5 Å². The molecule has 1 atom stereocenters. The van der Waals surface area contributed by atoms with Crippen LogP contribution < -0.4 is 4.90 Å². The molecule has 0 saturated carbocycles. The fraction of sp³-hybridized carbons (Fsp3) is 0.167. The number of halogens is 1. The predicted octanol–water partition coefficient (Wildman–Crippen LogP) is 5.70. The number of aryl methyl sites for hydroxylation is 1. The maximum absolute atomic E-state index is 13.8. The molecular weight excluding hydrogens is 353 g/mol. The molecule has 28 heavy (non-hydrogen) atoms. The van der Waals surface area contributed by atoms with E-state index < -0.39 is 6.10 Å². The van der Waals surface area contributed by atoms with Gasteiger partial charge in [0, 0.05) is 36.3 Å². The summed E-state index contributed by atoms with van der Waals surface area (Å²) in [6.07, 6.45) is -0.861. The van der Waals surface area contributed by atoms with Crippen LogP contribution in [0.2, 0.25) is 0 Å². The van der Waals surface area contributed by atoms with Gasteiger partial charge in [-0.05, 0) is 54.4 Å². The van der Waals surface area contributed by atoms with Crippen LogP contribution >= 0.6 is 0 Å². The number of para-hydroxylation sites is 1. The summed E-state index contributed by atoms with van der Waals surface area (Å²) in [7, 11) is 3.95. The topological polar surface area (TPSA) is 36.6 Å². The summed E-state index contributed by atoms with van der Waals surface area (Å²) in [6.45, 7) is 1.72. The smallest absolute Gasteiger partial charge is 0.141 e. The van der Waals surface area contributed by atoms with Crippen molar-refractivity contribution in [1.82, 2.24) is 0 Å². The third kappa shape index (κ3) is 3.16. The van der Waals surface area contributed by atoms with Gasteiger partial charge in [0.25, 0.3) is 0 Å². The van der Waals surface area contributed by atoms with Gasteiger partial charge in [-0.1, -0.05) is 30.3 Å². The normalized spacial score (nSPS) is 12.3. The van der Waals surface area contributed by atoms with Gasteiger partial charge in [-0.25, -0.2) is 4.39 Å². The number of fused-ring (bicyclic) bond motifs is 1. The first-order valence-electron chi connectivity index (χ1n) is 9.19. The average Bonchev–Trinajstić information content (AvgIpc) is 3.09. The van der Waals surface area contributed by atoms with Gasteiger partial charge in [0.05, 0.1) is 0 Å². The lowest BCUT2D eigenvalue weighted by Gasteiger charge is -2.16. The molecule has 0 aliphatic heterocycles. The van der Waals surface area contributed by atoms with E-state index in [1.54, 1.807) is 19.1 Å². The second-order valence-corrected chi connectivity index (χ2v) is 7.19. The van der Waals surface area contributed by atoms with Gasteiger partial charge >= 0.3 is 0 Å². The Balaban J connectivity index is 1.88. The highest BCUT2D eigenvalue weighted by Gasteiger charge is 2.24. The van der Waals surface area contributed by atoms with Crippen molar-refractivity contribution in [3.63, 3.8) is 0 Å². The van der Waals surface area contributed by atoms with E-state index in [4.69, 9.17) is 4.42 Å². The third-order valence-electron chi connectivity index (χ3n) is 5.05. The Bertz CT molecular complexity index is 1130. The van der Waals surface area contributed by atoms with Crippen LogP contribution in [0.1, 0.15) is 22.8 Å². The second-order valence-electron chi connectivity index (χ2n) is 7.19. The first-order valence-corrected chi connectivity index (χ1v) is 9.19. The average molecular weight is 375 g/mol. The van der Waals surface area contributed by atoms with Crippen molar-refractivity contribution in [3.8, 4) is 11.3 Å². The molecule has 4 heteroatoms. The van der Waals surface area contributed by atoms with E-state index in [1.165, 1.54) is 6.07 Å². The molecule has 1 unspecified atom stereocenters. The van der Waals surface area contributed by atoms with E-state index in [0.29, 0.717) is 22.5 Å². The van der Waals surface area contributed by atoms with Gasteiger partial charge in [0.2, 0.25) is 0 Å². The number of hydrogen-bond donors (Lipinski definition) is 1. The SMILES string of the molecule is Cc1cc(-c2oc3ccccc3c2C(O)c2ccc(N(C)C)cc2)ccc1F. The first kappa shape index (κ1) is 18.3. The molecule has 4 aromatic rings. The monoisotopic (exact) mass is 375 g/mol. The molecule has 0 spiro atoms. The maximum atomic E-state index is 13.8. The lowest BCUT2D eigenvalue weighted by molar-refractivity contribution is 0.221. The van der Waals surface area contributed by atoms with E-state index in [9.17, 15) is 9.50 Å². The molecule has 3 aromatic carbocycles. The van der Waals surface area contributed by atoms with Gasteiger partial charge in [-0.2, -0.15) is 0 Å². The van der Waals surface area contributed by atoms with Gasteiger partial charge < -0.3 is 14.4 Å². The van der Waals surface area contributed by atoms with Crippen molar-refractivity contribution in [2.45, 2.75) is 13.0 Å². The molecule has 0 saturated heterocycles. The number of nitrogens with zero attached hydrogens (tertiary/aromatic N) is 1. The highest BCUT2D eigenvalue weighted by atomic mass is 19.1. The van der Waals surface area contributed by atoms with Crippen LogP contribution in [0.25, 0.3) is 22.3 Å². The Morgan fingerprint density at radius 3 is 2.36 bits per heavy atom. The van der Waals surface area contributed by atoms with Crippen LogP contribution in [-0.2, 0) is 0 Å². The second kappa shape index (κ2) is 7.13. The first-order chi connectivity index (χ1) is 13.5. The fourth-order valence-electron chi connectivity index (χ4n) is 3.46. The van der Waals surface area contributed by atoms with E-state index in [0.717, 1.165) is 22.2 Å². The van der Waals surface area contributed by atoms with Crippen molar-refractivity contribution in [1.29, 1.82) is 0 Å². The van der Waals surface area contributed by atoms with Crippen LogP contribution in [0.15, 0.2) is 71.1 Å². The molecule has 1 aromatic heterocycles. The van der Waals surface area contributed by atoms with Crippen LogP contribution in [0.3, 0.4) is 0 Å². The molecule has 0 aliphatic carbocycles. The fourth-order valence-corrected chi connectivity index (χ4v) is 3.46. The molecule has 1 heterocycles. The zero-order valence-electron chi connectivity index (χ0n) is 16.1. The molecular formula is C24H22FNO2. The molecule has 3 nitrogen and oxygen atoms in total. The summed E-state index contributed by atoms with van der Waals surface area (Å²) in [6, 6.07) is 20.3. The summed E-state index contributed by atoms with van der Waals surface area (Å²) >= 11 is 0. The number of hydrogen-bond acceptors (Lipinski definition) is 3. The molecule has 0 radical (unpaired) electrons. The van der Waals surface area contributed by atoms with Crippen LogP contribution in [0, 0.1) is 12.7 Å². The van der Waals surface area contributed by atoms with Crippen molar-refractivity contribution in [2.75, 3.05) is 19.0 Å². The van der Waals surface area contributed by atoms with Crippen LogP contribution in [-0.4, -0.2) is 19.2 Å². The Morgan fingerprint density at radius 1 is 0.964 bits per heavy atom. The highest BCUT2D eigenvalue weighted by Crippen LogP contribution is 2.40. The lowest BCUT2D eigenvalue weighted by Crippen LogP contribution is -2.08. The van der Waals surface area contributed by atoms with E-state index in [-0.39, 0.29) is 5.82 Å². The standard InChI is InChI=1S/C24H22FNO2/c1-15-14-17(10-13-20(15)25)24-22(19-6-4-5-7-21(19)28-24)23(27)16-8-11-18(12-9-16)26(2)3/h4-14,23,27H,1-3H3. The predicted molar refractivity (Wildman–Crippen MR) is 111 cm³/mol. The molecule has 0 bridgehead atoms. The minimum atomic E-state index is -0.861. The van der Waals surface area contributed by atoms with E-state index in [2.05, 4.69) is 0 Å². The van der Waals surface area contributed by atoms with Crippen molar-refractivity contribution in [2.24, 2.45) is 0 Å². The number of anilines is 1. The summed E-state index contributed by atoms with van der Waals surface area (Å²) in [4.78, 5) is 2.01. The van der Waals surface area contributed by atoms with Gasteiger partial charge in [0.1, 0.15) is 23.3 Å². The third-order valence-corrected chi connectivity index (χ3v) is 5.05. The van der Waals surface area contributed by atoms with E-state index >= 15 is 0 Å². The van der Waals surface area contributed by atoms with Crippen molar-refractivity contribution < 1.29 is 13.9 Å². The molecule has 0 fully saturated rings. The van der Waals surface area contributed by atoms with Crippen LogP contribution in [0.5, 0.6) is 0 Å². The largest absolute Gasteiger partial charge is 0.456 e. The van der Waals surface area contributed by atoms with Crippen LogP contribution in [0.4, 0.5) is 10.1 Å². The molecule has 0 aliphatic rings. The molecule has 142 valence electrons. The van der Waals surface area contributed by atoms with Crippen molar-refractivity contribution >= 4 is 16.7 Å². The molecule has 1 N–H and O–H groups in total. The summed E-state index contributed by atoms with van der Waals surface area (Å²) in [5.41, 5.74) is 4.50. The molecule has 0 amide bonds. The number of benzene rings is 3. The zero-order chi connectivity index (χ0) is 19.8. The Morgan fingerprint density at radius 2 is 1.68 bits per heavy atom. The lowest BCUT2D eigenvalue weighted by atomic mass is 9.95. The zero-order valence-corrected chi connectivity index (χ0v) is 16.1. The Hall–Kier alpha value is -3.11. The summed E-state index contributed by atoms with van der Waals surface area (Å²) in [5, 5.41) is 12.1. The minimum Gasteiger partial charge on any atom is -0.456 e. The quantitative estimate of drug-likeness (QED) is 0.497. The Labute approximate surface area is 163 Å². The number of aliphatic hydroxyl groups is 1. The molecule has 4 rings (SSSR count). The Kier molecular flexibility index (Phi) is 4.65. The number of furan rings is 1. The minimum absolute atomic E-state index is 0.263. The van der Waals surface area contributed by atoms with Gasteiger partial charge in [-0.15, -0.1) is 0 Å². The summed E-state index contributed by atoms with van der Waals surface area (Å²) < 4.78 is 19.9. The number of aliphatic hydroxyl groups excluding tert-OH is 1. The van der Waals surface area contributed by atoms with Crippen molar-refractivity contribution in [3.05, 3.63) is 89.2 Å². The van der Waals surface area contributed by atoms with Gasteiger partial charge in [0.15, 0.2) is 0 Å². The van der Waals surface area contributed by atoms with Gasteiger partial charge in [-0.3, -0.25) is 0 Å². The number of rotatable bonds is 4. The maximum Gasteiger partial charge on any atom is 0.141 e.